The molecule has 2 rings (SSSR count). The third-order valence-electron chi connectivity index (χ3n) is 2.49. The molecule has 2 nitrogen and oxygen atoms in total. The normalized spacial score (nSPS) is 15.3. The van der Waals surface area contributed by atoms with Gasteiger partial charge in [0, 0.05) is 23.1 Å². The highest BCUT2D eigenvalue weighted by molar-refractivity contribution is 9.10. The summed E-state index contributed by atoms with van der Waals surface area (Å²) in [5.74, 6) is 0.119. The first-order chi connectivity index (χ1) is 6.68. The van der Waals surface area contributed by atoms with Gasteiger partial charge in [0.25, 0.3) is 5.91 Å². The fourth-order valence-corrected chi connectivity index (χ4v) is 1.85. The molecule has 1 aliphatic carbocycles. The molecule has 74 valence electrons. The van der Waals surface area contributed by atoms with E-state index in [9.17, 15) is 4.79 Å². The zero-order valence-corrected chi connectivity index (χ0v) is 9.62. The Kier molecular flexibility index (Phi) is 2.59. The molecule has 3 heteroatoms. The molecule has 0 atom stereocenters. The SMILES string of the molecule is CN(C(=O)c1cccc(Br)c1)C1CC1. The second-order valence-electron chi connectivity index (χ2n) is 3.66. The molecular formula is C11H12BrNO. The molecule has 0 spiro atoms. The van der Waals surface area contributed by atoms with E-state index in [1.54, 1.807) is 0 Å². The first-order valence-corrected chi connectivity index (χ1v) is 5.50. The summed E-state index contributed by atoms with van der Waals surface area (Å²) < 4.78 is 0.951. The van der Waals surface area contributed by atoms with Crippen LogP contribution in [0.4, 0.5) is 0 Å². The van der Waals surface area contributed by atoms with Crippen molar-refractivity contribution in [3.8, 4) is 0 Å². The Morgan fingerprint density at radius 3 is 2.79 bits per heavy atom. The van der Waals surface area contributed by atoms with Crippen LogP contribution in [0.5, 0.6) is 0 Å². The monoisotopic (exact) mass is 253 g/mol. The number of nitrogens with zero attached hydrogens (tertiary/aromatic N) is 1. The van der Waals surface area contributed by atoms with Crippen LogP contribution < -0.4 is 0 Å². The van der Waals surface area contributed by atoms with Gasteiger partial charge in [-0.15, -0.1) is 0 Å². The van der Waals surface area contributed by atoms with Crippen molar-refractivity contribution >= 4 is 21.8 Å². The quantitative estimate of drug-likeness (QED) is 0.794. The summed E-state index contributed by atoms with van der Waals surface area (Å²) in [4.78, 5) is 13.7. The third kappa shape index (κ3) is 1.98. The summed E-state index contributed by atoms with van der Waals surface area (Å²) in [5.41, 5.74) is 0.758. The molecule has 1 aromatic carbocycles. The number of halogens is 1. The van der Waals surface area contributed by atoms with Gasteiger partial charge in [-0.1, -0.05) is 22.0 Å². The highest BCUT2D eigenvalue weighted by Gasteiger charge is 2.29. The highest BCUT2D eigenvalue weighted by atomic mass is 79.9. The van der Waals surface area contributed by atoms with Crippen LogP contribution in [0.2, 0.25) is 0 Å². The molecule has 1 aliphatic rings. The summed E-state index contributed by atoms with van der Waals surface area (Å²) in [6.07, 6.45) is 2.30. The van der Waals surface area contributed by atoms with Crippen molar-refractivity contribution < 1.29 is 4.79 Å². The molecule has 1 saturated carbocycles. The zero-order chi connectivity index (χ0) is 10.1. The first-order valence-electron chi connectivity index (χ1n) is 4.71. The number of benzene rings is 1. The van der Waals surface area contributed by atoms with Crippen LogP contribution in [-0.2, 0) is 0 Å². The van der Waals surface area contributed by atoms with E-state index in [1.165, 1.54) is 0 Å². The molecule has 0 aromatic heterocycles. The van der Waals surface area contributed by atoms with Crippen LogP contribution >= 0.6 is 15.9 Å². The van der Waals surface area contributed by atoms with E-state index in [4.69, 9.17) is 0 Å². The summed E-state index contributed by atoms with van der Waals surface area (Å²) in [6, 6.07) is 8.00. The molecular weight excluding hydrogens is 242 g/mol. The van der Waals surface area contributed by atoms with Gasteiger partial charge in [-0.2, -0.15) is 0 Å². The molecule has 0 N–H and O–H groups in total. The Labute approximate surface area is 92.0 Å². The van der Waals surface area contributed by atoms with E-state index in [2.05, 4.69) is 15.9 Å². The summed E-state index contributed by atoms with van der Waals surface area (Å²) in [6.45, 7) is 0. The van der Waals surface area contributed by atoms with Gasteiger partial charge in [0.1, 0.15) is 0 Å². The van der Waals surface area contributed by atoms with Gasteiger partial charge in [0.05, 0.1) is 0 Å². The van der Waals surface area contributed by atoms with Gasteiger partial charge in [-0.3, -0.25) is 4.79 Å². The average molecular weight is 254 g/mol. The minimum atomic E-state index is 0.119. The molecule has 0 saturated heterocycles. The zero-order valence-electron chi connectivity index (χ0n) is 8.03. The second kappa shape index (κ2) is 3.73. The van der Waals surface area contributed by atoms with E-state index < -0.39 is 0 Å². The molecule has 0 radical (unpaired) electrons. The number of hydrogen-bond donors (Lipinski definition) is 0. The van der Waals surface area contributed by atoms with Gasteiger partial charge in [-0.05, 0) is 31.0 Å². The molecule has 0 aliphatic heterocycles. The maximum Gasteiger partial charge on any atom is 0.253 e. The lowest BCUT2D eigenvalue weighted by Crippen LogP contribution is -2.28. The molecule has 0 unspecified atom stereocenters. The van der Waals surface area contributed by atoms with Gasteiger partial charge in [-0.25, -0.2) is 0 Å². The largest absolute Gasteiger partial charge is 0.339 e. The van der Waals surface area contributed by atoms with E-state index >= 15 is 0 Å². The standard InChI is InChI=1S/C11H12BrNO/c1-13(10-5-6-10)11(14)8-3-2-4-9(12)7-8/h2-4,7,10H,5-6H2,1H3. The van der Waals surface area contributed by atoms with E-state index in [0.717, 1.165) is 22.9 Å². The number of carbonyl (C=O) groups is 1. The number of amides is 1. The van der Waals surface area contributed by atoms with Gasteiger partial charge in [0.15, 0.2) is 0 Å². The van der Waals surface area contributed by atoms with Crippen LogP contribution in [0.25, 0.3) is 0 Å². The average Bonchev–Trinajstić information content (AvgIpc) is 2.99. The van der Waals surface area contributed by atoms with E-state index in [0.29, 0.717) is 6.04 Å². The molecule has 0 heterocycles. The molecule has 14 heavy (non-hydrogen) atoms. The third-order valence-corrected chi connectivity index (χ3v) is 2.98. The number of carbonyl (C=O) groups excluding carboxylic acids is 1. The highest BCUT2D eigenvalue weighted by Crippen LogP contribution is 2.27. The Morgan fingerprint density at radius 2 is 2.21 bits per heavy atom. The lowest BCUT2D eigenvalue weighted by atomic mass is 10.2. The molecule has 0 bridgehead atoms. The van der Waals surface area contributed by atoms with E-state index in [-0.39, 0.29) is 5.91 Å². The van der Waals surface area contributed by atoms with Crippen molar-refractivity contribution in [3.05, 3.63) is 34.3 Å². The van der Waals surface area contributed by atoms with Crippen molar-refractivity contribution in [1.29, 1.82) is 0 Å². The smallest absolute Gasteiger partial charge is 0.253 e. The van der Waals surface area contributed by atoms with Gasteiger partial charge >= 0.3 is 0 Å². The summed E-state index contributed by atoms with van der Waals surface area (Å²) in [5, 5.41) is 0. The van der Waals surface area contributed by atoms with E-state index in [1.807, 2.05) is 36.2 Å². The lowest BCUT2D eigenvalue weighted by molar-refractivity contribution is 0.0785. The summed E-state index contributed by atoms with van der Waals surface area (Å²) in [7, 11) is 1.88. The Bertz CT molecular complexity index is 360. The van der Waals surface area contributed by atoms with Crippen LogP contribution in [0, 0.1) is 0 Å². The van der Waals surface area contributed by atoms with Crippen molar-refractivity contribution in [2.24, 2.45) is 0 Å². The topological polar surface area (TPSA) is 20.3 Å². The molecule has 1 fully saturated rings. The molecule has 1 amide bonds. The van der Waals surface area contributed by atoms with Crippen LogP contribution in [-0.4, -0.2) is 23.9 Å². The number of hydrogen-bond acceptors (Lipinski definition) is 1. The minimum Gasteiger partial charge on any atom is -0.339 e. The number of rotatable bonds is 2. The van der Waals surface area contributed by atoms with Crippen molar-refractivity contribution in [2.75, 3.05) is 7.05 Å². The predicted molar refractivity (Wildman–Crippen MR) is 59.3 cm³/mol. The molecule has 1 aromatic rings. The fourth-order valence-electron chi connectivity index (χ4n) is 1.45. The Morgan fingerprint density at radius 1 is 1.50 bits per heavy atom. The second-order valence-corrected chi connectivity index (χ2v) is 4.57. The van der Waals surface area contributed by atoms with Crippen molar-refractivity contribution in [1.82, 2.24) is 4.90 Å². The fraction of sp³-hybridized carbons (Fsp3) is 0.364. The van der Waals surface area contributed by atoms with Crippen LogP contribution in [0.15, 0.2) is 28.7 Å². The van der Waals surface area contributed by atoms with Crippen molar-refractivity contribution in [2.45, 2.75) is 18.9 Å². The van der Waals surface area contributed by atoms with Crippen molar-refractivity contribution in [3.63, 3.8) is 0 Å². The van der Waals surface area contributed by atoms with Crippen LogP contribution in [0.1, 0.15) is 23.2 Å². The van der Waals surface area contributed by atoms with Gasteiger partial charge in [0.2, 0.25) is 0 Å². The Balaban J connectivity index is 2.17. The maximum absolute atomic E-state index is 11.9. The van der Waals surface area contributed by atoms with Gasteiger partial charge < -0.3 is 4.90 Å². The summed E-state index contributed by atoms with van der Waals surface area (Å²) >= 11 is 3.36. The lowest BCUT2D eigenvalue weighted by Gasteiger charge is -2.16. The minimum absolute atomic E-state index is 0.119. The maximum atomic E-state index is 11.9. The predicted octanol–water partition coefficient (Wildman–Crippen LogP) is 2.68. The first kappa shape index (κ1) is 9.71. The Hall–Kier alpha value is -0.830. The van der Waals surface area contributed by atoms with Crippen LogP contribution in [0.3, 0.4) is 0 Å².